The maximum Gasteiger partial charge on any atom is 0.255 e. The van der Waals surface area contributed by atoms with Gasteiger partial charge in [-0.2, -0.15) is 4.39 Å². The minimum Gasteiger partial charge on any atom is -0.489 e. The monoisotopic (exact) mass is 553 g/mol. The molecule has 0 saturated carbocycles. The highest BCUT2D eigenvalue weighted by Gasteiger charge is 2.27. The van der Waals surface area contributed by atoms with Crippen LogP contribution in [-0.2, 0) is 22.3 Å². The molecule has 0 saturated heterocycles. The van der Waals surface area contributed by atoms with Crippen molar-refractivity contribution < 1.29 is 31.8 Å². The Morgan fingerprint density at radius 3 is 2.46 bits per heavy atom. The zero-order valence-corrected chi connectivity index (χ0v) is 23.4. The van der Waals surface area contributed by atoms with Gasteiger partial charge in [0.1, 0.15) is 6.17 Å². The van der Waals surface area contributed by atoms with E-state index in [-0.39, 0.29) is 48.3 Å². The summed E-state index contributed by atoms with van der Waals surface area (Å²) in [6, 6.07) is 4.35. The van der Waals surface area contributed by atoms with Gasteiger partial charge in [-0.15, -0.1) is 0 Å². The summed E-state index contributed by atoms with van der Waals surface area (Å²) in [6.07, 6.45) is 8.16. The highest BCUT2D eigenvalue weighted by atomic mass is 19.2. The fraction of sp³-hybridized carbons (Fsp3) is 0.645. The highest BCUT2D eigenvalue weighted by molar-refractivity contribution is 5.63. The van der Waals surface area contributed by atoms with E-state index in [0.29, 0.717) is 44.5 Å². The molecule has 8 heteroatoms. The van der Waals surface area contributed by atoms with Crippen molar-refractivity contribution in [3.8, 4) is 17.0 Å². The molecule has 1 aliphatic carbocycles. The number of alkyl halides is 1. The second kappa shape index (κ2) is 16.8. The van der Waals surface area contributed by atoms with Crippen LogP contribution in [0.4, 0.5) is 17.6 Å². The van der Waals surface area contributed by atoms with E-state index in [9.17, 15) is 8.78 Å². The number of nitrogens with zero attached hydrogens (tertiary/aromatic N) is 1. The Hall–Kier alpha value is -2.19. The predicted octanol–water partition coefficient (Wildman–Crippen LogP) is 8.32. The molecule has 1 aliphatic rings. The van der Waals surface area contributed by atoms with Gasteiger partial charge in [-0.1, -0.05) is 52.4 Å². The maximum absolute atomic E-state index is 15.1. The fourth-order valence-electron chi connectivity index (χ4n) is 4.83. The fourth-order valence-corrected chi connectivity index (χ4v) is 4.83. The Kier molecular flexibility index (Phi) is 13.5. The van der Waals surface area contributed by atoms with Crippen LogP contribution in [0.2, 0.25) is 0 Å². The third kappa shape index (κ3) is 9.75. The molecule has 1 aromatic carbocycles. The topological polar surface area (TPSA) is 40.6 Å². The molecule has 0 amide bonds. The standard InChI is InChI=1S/C31H43F4NO3/c1-3-5-7-8-11-23(32)21-39-24-13-12-22-19-26(30(34)29(33)25(22)20-24)27-14-15-28(31(35)36-27)38-18-10-17-37-16-9-6-4-2/h14-15,19,23-24H,3-13,16-18,20-21H2,1-2H3. The number of hydrogen-bond acceptors (Lipinski definition) is 4. The Balaban J connectivity index is 1.54. The molecule has 0 N–H and O–H groups in total. The Morgan fingerprint density at radius 1 is 0.923 bits per heavy atom. The quantitative estimate of drug-likeness (QED) is 0.106. The molecule has 218 valence electrons. The lowest BCUT2D eigenvalue weighted by Crippen LogP contribution is -2.27. The smallest absolute Gasteiger partial charge is 0.255 e. The number of ether oxygens (including phenoxy) is 3. The molecule has 1 aromatic heterocycles. The van der Waals surface area contributed by atoms with Crippen molar-refractivity contribution in [3.63, 3.8) is 0 Å². The van der Waals surface area contributed by atoms with Gasteiger partial charge in [0.05, 0.1) is 25.0 Å². The summed E-state index contributed by atoms with van der Waals surface area (Å²) in [5, 5.41) is 0. The molecule has 2 unspecified atom stereocenters. The summed E-state index contributed by atoms with van der Waals surface area (Å²) in [5.74, 6) is -2.97. The van der Waals surface area contributed by atoms with Gasteiger partial charge in [-0.25, -0.2) is 18.2 Å². The van der Waals surface area contributed by atoms with Crippen molar-refractivity contribution in [1.29, 1.82) is 0 Å². The van der Waals surface area contributed by atoms with Crippen molar-refractivity contribution in [3.05, 3.63) is 46.9 Å². The van der Waals surface area contributed by atoms with Gasteiger partial charge < -0.3 is 14.2 Å². The predicted molar refractivity (Wildman–Crippen MR) is 145 cm³/mol. The number of fused-ring (bicyclic) bond motifs is 1. The second-order valence-electron chi connectivity index (χ2n) is 10.3. The molecule has 0 fully saturated rings. The summed E-state index contributed by atoms with van der Waals surface area (Å²) in [5.41, 5.74) is 0.789. The summed E-state index contributed by atoms with van der Waals surface area (Å²) in [6.45, 7) is 5.70. The Bertz CT molecular complexity index is 1020. The van der Waals surface area contributed by atoms with Crippen LogP contribution in [0.1, 0.15) is 89.2 Å². The van der Waals surface area contributed by atoms with E-state index in [1.807, 2.05) is 0 Å². The van der Waals surface area contributed by atoms with Gasteiger partial charge in [0.25, 0.3) is 5.95 Å². The average Bonchev–Trinajstić information content (AvgIpc) is 2.94. The molecule has 0 aliphatic heterocycles. The molecule has 2 aromatic rings. The van der Waals surface area contributed by atoms with Crippen LogP contribution in [-0.4, -0.2) is 43.7 Å². The zero-order valence-electron chi connectivity index (χ0n) is 23.4. The van der Waals surface area contributed by atoms with E-state index in [1.165, 1.54) is 18.2 Å². The molecule has 0 spiro atoms. The lowest BCUT2D eigenvalue weighted by Gasteiger charge is -2.26. The van der Waals surface area contributed by atoms with Crippen molar-refractivity contribution >= 4 is 0 Å². The third-order valence-electron chi connectivity index (χ3n) is 7.12. The van der Waals surface area contributed by atoms with E-state index < -0.39 is 23.8 Å². The van der Waals surface area contributed by atoms with Gasteiger partial charge >= 0.3 is 0 Å². The molecule has 1 heterocycles. The van der Waals surface area contributed by atoms with E-state index in [4.69, 9.17) is 14.2 Å². The molecule has 4 nitrogen and oxygen atoms in total. The number of rotatable bonds is 18. The van der Waals surface area contributed by atoms with Crippen molar-refractivity contribution in [2.45, 2.75) is 103 Å². The minimum absolute atomic E-state index is 0.0000232. The van der Waals surface area contributed by atoms with Crippen LogP contribution in [0.25, 0.3) is 11.3 Å². The van der Waals surface area contributed by atoms with Crippen LogP contribution in [0, 0.1) is 17.6 Å². The number of halogens is 4. The Labute approximate surface area is 230 Å². The van der Waals surface area contributed by atoms with E-state index in [0.717, 1.165) is 44.9 Å². The molecular weight excluding hydrogens is 510 g/mol. The summed E-state index contributed by atoms with van der Waals surface area (Å²) in [7, 11) is 0. The van der Waals surface area contributed by atoms with Crippen LogP contribution in [0.15, 0.2) is 18.2 Å². The van der Waals surface area contributed by atoms with Gasteiger partial charge in [-0.05, 0) is 55.0 Å². The number of hydrogen-bond donors (Lipinski definition) is 0. The van der Waals surface area contributed by atoms with E-state index >= 15 is 8.78 Å². The first-order chi connectivity index (χ1) is 18.9. The third-order valence-corrected chi connectivity index (χ3v) is 7.12. The molecule has 39 heavy (non-hydrogen) atoms. The lowest BCUT2D eigenvalue weighted by atomic mass is 9.87. The molecule has 0 bridgehead atoms. The van der Waals surface area contributed by atoms with Crippen LogP contribution < -0.4 is 4.74 Å². The maximum atomic E-state index is 15.1. The first-order valence-electron chi connectivity index (χ1n) is 14.6. The van der Waals surface area contributed by atoms with Crippen molar-refractivity contribution in [2.75, 3.05) is 26.4 Å². The number of pyridine rings is 1. The largest absolute Gasteiger partial charge is 0.489 e. The first kappa shape index (κ1) is 31.3. The molecular formula is C31H43F4NO3. The Morgan fingerprint density at radius 2 is 1.69 bits per heavy atom. The molecule has 3 rings (SSSR count). The normalized spacial score (nSPS) is 15.8. The lowest BCUT2D eigenvalue weighted by molar-refractivity contribution is 0.00865. The highest BCUT2D eigenvalue weighted by Crippen LogP contribution is 2.34. The van der Waals surface area contributed by atoms with E-state index in [1.54, 1.807) is 0 Å². The van der Waals surface area contributed by atoms with Crippen LogP contribution >= 0.6 is 0 Å². The first-order valence-corrected chi connectivity index (χ1v) is 14.6. The number of benzene rings is 1. The SMILES string of the molecule is CCCCCCC(F)COC1CCc2cc(-c3ccc(OCCCOCCCCC)c(F)n3)c(F)c(F)c2C1. The van der Waals surface area contributed by atoms with Gasteiger partial charge in [-0.3, -0.25) is 0 Å². The van der Waals surface area contributed by atoms with Crippen LogP contribution in [0.5, 0.6) is 5.75 Å². The summed E-state index contributed by atoms with van der Waals surface area (Å²) in [4.78, 5) is 3.85. The number of aromatic nitrogens is 1. The second-order valence-corrected chi connectivity index (χ2v) is 10.3. The van der Waals surface area contributed by atoms with Crippen molar-refractivity contribution in [1.82, 2.24) is 4.98 Å². The minimum atomic E-state index is -1.07. The van der Waals surface area contributed by atoms with Crippen molar-refractivity contribution in [2.24, 2.45) is 0 Å². The summed E-state index contributed by atoms with van der Waals surface area (Å²) >= 11 is 0. The van der Waals surface area contributed by atoms with Crippen LogP contribution in [0.3, 0.4) is 0 Å². The molecule has 2 atom stereocenters. The number of aryl methyl sites for hydroxylation is 1. The molecule has 0 radical (unpaired) electrons. The zero-order chi connectivity index (χ0) is 28.0. The van der Waals surface area contributed by atoms with E-state index in [2.05, 4.69) is 18.8 Å². The summed E-state index contributed by atoms with van der Waals surface area (Å²) < 4.78 is 75.6. The van der Waals surface area contributed by atoms with Gasteiger partial charge in [0, 0.05) is 31.6 Å². The van der Waals surface area contributed by atoms with Gasteiger partial charge in [0.15, 0.2) is 17.4 Å². The van der Waals surface area contributed by atoms with Gasteiger partial charge in [0.2, 0.25) is 0 Å². The number of unbranched alkanes of at least 4 members (excludes halogenated alkanes) is 5. The average molecular weight is 554 g/mol.